The summed E-state index contributed by atoms with van der Waals surface area (Å²) in [5, 5.41) is 2.86. The van der Waals surface area contributed by atoms with Crippen LogP contribution in [0.5, 0.6) is 0 Å². The van der Waals surface area contributed by atoms with Gasteiger partial charge in [-0.3, -0.25) is 4.79 Å². The normalized spacial score (nSPS) is 14.7. The van der Waals surface area contributed by atoms with E-state index in [1.807, 2.05) is 30.3 Å². The zero-order valence-corrected chi connectivity index (χ0v) is 14.7. The second-order valence-electron chi connectivity index (χ2n) is 6.37. The topological polar surface area (TPSA) is 52.7 Å². The van der Waals surface area contributed by atoms with Crippen molar-refractivity contribution >= 4 is 17.6 Å². The highest BCUT2D eigenvalue weighted by Gasteiger charge is 2.24. The Hall–Kier alpha value is -2.89. The van der Waals surface area contributed by atoms with Gasteiger partial charge in [0.2, 0.25) is 0 Å². The Balaban J connectivity index is 1.63. The third-order valence-electron chi connectivity index (χ3n) is 4.52. The summed E-state index contributed by atoms with van der Waals surface area (Å²) in [6.45, 7) is 3.50. The molecule has 0 spiro atoms. The van der Waals surface area contributed by atoms with E-state index in [1.165, 1.54) is 6.07 Å². The van der Waals surface area contributed by atoms with Gasteiger partial charge in [-0.15, -0.1) is 0 Å². The van der Waals surface area contributed by atoms with Crippen LogP contribution in [-0.4, -0.2) is 47.9 Å². The molecule has 6 heteroatoms. The predicted octanol–water partition coefficient (Wildman–Crippen LogP) is 3.51. The molecular weight excluding hydrogens is 333 g/mol. The maximum Gasteiger partial charge on any atom is 0.321 e. The lowest BCUT2D eigenvalue weighted by molar-refractivity contribution is 0.0758. The monoisotopic (exact) mass is 355 g/mol. The van der Waals surface area contributed by atoms with Gasteiger partial charge in [0, 0.05) is 31.9 Å². The quantitative estimate of drug-likeness (QED) is 0.896. The van der Waals surface area contributed by atoms with Crippen LogP contribution in [0.1, 0.15) is 22.3 Å². The summed E-state index contributed by atoms with van der Waals surface area (Å²) in [7, 11) is 0. The number of anilines is 1. The molecule has 2 aromatic carbocycles. The van der Waals surface area contributed by atoms with Gasteiger partial charge in [-0.05, 0) is 37.1 Å². The van der Waals surface area contributed by atoms with Gasteiger partial charge in [0.15, 0.2) is 0 Å². The van der Waals surface area contributed by atoms with E-state index in [-0.39, 0.29) is 17.5 Å². The van der Waals surface area contributed by atoms with Crippen LogP contribution >= 0.6 is 0 Å². The minimum Gasteiger partial charge on any atom is -0.337 e. The molecule has 1 saturated heterocycles. The first-order chi connectivity index (χ1) is 12.6. The van der Waals surface area contributed by atoms with Gasteiger partial charge in [-0.25, -0.2) is 9.18 Å². The molecule has 1 aliphatic rings. The summed E-state index contributed by atoms with van der Waals surface area (Å²) in [6.07, 6.45) is 0.654. The van der Waals surface area contributed by atoms with Gasteiger partial charge in [0.1, 0.15) is 5.82 Å². The van der Waals surface area contributed by atoms with E-state index >= 15 is 0 Å². The van der Waals surface area contributed by atoms with E-state index in [0.29, 0.717) is 38.2 Å². The van der Waals surface area contributed by atoms with Crippen molar-refractivity contribution in [3.05, 3.63) is 65.5 Å². The largest absolute Gasteiger partial charge is 0.337 e. The van der Waals surface area contributed by atoms with E-state index in [9.17, 15) is 14.0 Å². The van der Waals surface area contributed by atoms with Crippen LogP contribution in [0.2, 0.25) is 0 Å². The van der Waals surface area contributed by atoms with Gasteiger partial charge in [0.05, 0.1) is 5.56 Å². The summed E-state index contributed by atoms with van der Waals surface area (Å²) in [5.41, 5.74) is 1.28. The molecule has 5 nitrogen and oxygen atoms in total. The van der Waals surface area contributed by atoms with Crippen molar-refractivity contribution in [3.8, 4) is 0 Å². The molecule has 0 aromatic heterocycles. The number of amides is 3. The predicted molar refractivity (Wildman–Crippen MR) is 98.7 cm³/mol. The highest BCUT2D eigenvalue weighted by Crippen LogP contribution is 2.16. The zero-order chi connectivity index (χ0) is 18.5. The number of carbonyl (C=O) groups excluding carboxylic acids is 2. The maximum atomic E-state index is 14.2. The number of nitrogens with one attached hydrogen (secondary N) is 1. The fraction of sp³-hybridized carbons (Fsp3) is 0.300. The van der Waals surface area contributed by atoms with Crippen molar-refractivity contribution in [1.29, 1.82) is 0 Å². The fourth-order valence-corrected chi connectivity index (χ4v) is 3.03. The lowest BCUT2D eigenvalue weighted by Gasteiger charge is -2.23. The molecule has 1 fully saturated rings. The van der Waals surface area contributed by atoms with E-state index in [4.69, 9.17) is 0 Å². The summed E-state index contributed by atoms with van der Waals surface area (Å²) in [5.74, 6) is -0.794. The molecule has 0 saturated carbocycles. The van der Waals surface area contributed by atoms with E-state index < -0.39 is 5.82 Å². The Bertz CT molecular complexity index is 795. The van der Waals surface area contributed by atoms with Crippen molar-refractivity contribution in [2.45, 2.75) is 13.3 Å². The fourth-order valence-electron chi connectivity index (χ4n) is 3.03. The number of urea groups is 1. The van der Waals surface area contributed by atoms with Crippen molar-refractivity contribution in [2.75, 3.05) is 31.5 Å². The molecule has 2 aromatic rings. The number of benzene rings is 2. The molecule has 0 aliphatic carbocycles. The standard InChI is InChI=1S/C20H22FN3O2/c1-15-7-5-10-17(18(15)21)19(25)23-11-6-12-24(14-13-23)20(26)22-16-8-3-2-4-9-16/h2-5,7-10H,6,11-14H2,1H3,(H,22,26). The Labute approximate surface area is 152 Å². The third-order valence-corrected chi connectivity index (χ3v) is 4.52. The SMILES string of the molecule is Cc1cccc(C(=O)N2CCCN(C(=O)Nc3ccccc3)CC2)c1F. The molecule has 1 N–H and O–H groups in total. The van der Waals surface area contributed by atoms with Gasteiger partial charge in [-0.2, -0.15) is 0 Å². The van der Waals surface area contributed by atoms with Crippen molar-refractivity contribution < 1.29 is 14.0 Å². The maximum absolute atomic E-state index is 14.2. The third kappa shape index (κ3) is 4.02. The van der Waals surface area contributed by atoms with Crippen LogP contribution in [0, 0.1) is 12.7 Å². The Morgan fingerprint density at radius 1 is 0.923 bits per heavy atom. The molecule has 1 aliphatic heterocycles. The highest BCUT2D eigenvalue weighted by molar-refractivity contribution is 5.95. The zero-order valence-electron chi connectivity index (χ0n) is 14.7. The highest BCUT2D eigenvalue weighted by atomic mass is 19.1. The van der Waals surface area contributed by atoms with Crippen LogP contribution < -0.4 is 5.32 Å². The number of para-hydroxylation sites is 1. The first-order valence-corrected chi connectivity index (χ1v) is 8.71. The van der Waals surface area contributed by atoms with Crippen LogP contribution in [-0.2, 0) is 0 Å². The summed E-state index contributed by atoms with van der Waals surface area (Å²) >= 11 is 0. The average molecular weight is 355 g/mol. The number of rotatable bonds is 2. The second-order valence-corrected chi connectivity index (χ2v) is 6.37. The van der Waals surface area contributed by atoms with E-state index in [1.54, 1.807) is 28.9 Å². The van der Waals surface area contributed by atoms with Gasteiger partial charge in [0.25, 0.3) is 5.91 Å². The number of aryl methyl sites for hydroxylation is 1. The van der Waals surface area contributed by atoms with Crippen LogP contribution in [0.15, 0.2) is 48.5 Å². The molecule has 3 amide bonds. The van der Waals surface area contributed by atoms with Crippen molar-refractivity contribution in [2.24, 2.45) is 0 Å². The Kier molecular flexibility index (Phi) is 5.51. The molecule has 0 bridgehead atoms. The Morgan fingerprint density at radius 2 is 1.62 bits per heavy atom. The number of carbonyl (C=O) groups is 2. The summed E-state index contributed by atoms with van der Waals surface area (Å²) in [6, 6.07) is 13.9. The smallest absolute Gasteiger partial charge is 0.321 e. The van der Waals surface area contributed by atoms with E-state index in [0.717, 1.165) is 5.69 Å². The van der Waals surface area contributed by atoms with Crippen LogP contribution in [0.4, 0.5) is 14.9 Å². The molecule has 0 unspecified atom stereocenters. The van der Waals surface area contributed by atoms with Gasteiger partial charge in [-0.1, -0.05) is 30.3 Å². The Morgan fingerprint density at radius 3 is 2.38 bits per heavy atom. The lowest BCUT2D eigenvalue weighted by Crippen LogP contribution is -2.39. The number of hydrogen-bond donors (Lipinski definition) is 1. The van der Waals surface area contributed by atoms with Gasteiger partial charge >= 0.3 is 6.03 Å². The first-order valence-electron chi connectivity index (χ1n) is 8.71. The summed E-state index contributed by atoms with van der Waals surface area (Å²) in [4.78, 5) is 28.4. The average Bonchev–Trinajstić information content (AvgIpc) is 2.90. The molecule has 26 heavy (non-hydrogen) atoms. The number of hydrogen-bond acceptors (Lipinski definition) is 2. The summed E-state index contributed by atoms with van der Waals surface area (Å²) < 4.78 is 14.2. The molecular formula is C20H22FN3O2. The number of halogens is 1. The second kappa shape index (κ2) is 7.99. The molecule has 136 valence electrons. The number of nitrogens with zero attached hydrogens (tertiary/aromatic N) is 2. The van der Waals surface area contributed by atoms with Gasteiger partial charge < -0.3 is 15.1 Å². The van der Waals surface area contributed by atoms with Crippen LogP contribution in [0.3, 0.4) is 0 Å². The lowest BCUT2D eigenvalue weighted by atomic mass is 10.1. The minimum atomic E-state index is -0.472. The van der Waals surface area contributed by atoms with Crippen molar-refractivity contribution in [3.63, 3.8) is 0 Å². The van der Waals surface area contributed by atoms with E-state index in [2.05, 4.69) is 5.32 Å². The molecule has 1 heterocycles. The minimum absolute atomic E-state index is 0.0900. The molecule has 3 rings (SSSR count). The first kappa shape index (κ1) is 17.9. The molecule has 0 radical (unpaired) electrons. The van der Waals surface area contributed by atoms with Crippen molar-refractivity contribution in [1.82, 2.24) is 9.80 Å². The van der Waals surface area contributed by atoms with Crippen LogP contribution in [0.25, 0.3) is 0 Å². The molecule has 0 atom stereocenters.